The van der Waals surface area contributed by atoms with E-state index in [1.807, 2.05) is 54.6 Å². The third-order valence-electron chi connectivity index (χ3n) is 4.97. The number of hydroxylamine groups is 1. The highest BCUT2D eigenvalue weighted by Gasteiger charge is 2.20. The molecule has 0 aliphatic heterocycles. The van der Waals surface area contributed by atoms with Crippen molar-refractivity contribution in [3.05, 3.63) is 65.7 Å². The fraction of sp³-hybridized carbons (Fsp3) is 0.375. The summed E-state index contributed by atoms with van der Waals surface area (Å²) in [4.78, 5) is 35.3. The number of amides is 2. The molecular formula is C24H31N3O5. The number of carbonyl (C=O) groups excluding carboxylic acids is 3. The van der Waals surface area contributed by atoms with Crippen LogP contribution in [0, 0.1) is 0 Å². The van der Waals surface area contributed by atoms with E-state index >= 15 is 0 Å². The van der Waals surface area contributed by atoms with Gasteiger partial charge in [-0.25, -0.2) is 10.3 Å². The Kier molecular flexibility index (Phi) is 10.9. The summed E-state index contributed by atoms with van der Waals surface area (Å²) in [6.45, 7) is 0.430. The maximum atomic E-state index is 12.2. The molecule has 0 bridgehead atoms. The second kappa shape index (κ2) is 14.0. The molecule has 0 fully saturated rings. The minimum atomic E-state index is -0.581. The molecule has 2 amide bonds. The van der Waals surface area contributed by atoms with Gasteiger partial charge in [-0.3, -0.25) is 20.1 Å². The molecule has 0 aliphatic carbocycles. The minimum Gasteiger partial charge on any atom is -0.468 e. The highest BCUT2D eigenvalue weighted by molar-refractivity contribution is 5.90. The molecular weight excluding hydrogens is 410 g/mol. The molecule has 8 nitrogen and oxygen atoms in total. The Balaban J connectivity index is 1.80. The molecule has 172 valence electrons. The van der Waals surface area contributed by atoms with Gasteiger partial charge < -0.3 is 10.1 Å². The lowest BCUT2D eigenvalue weighted by molar-refractivity contribution is -0.143. The molecule has 0 spiro atoms. The molecule has 4 N–H and O–H groups in total. The van der Waals surface area contributed by atoms with Gasteiger partial charge >= 0.3 is 5.97 Å². The van der Waals surface area contributed by atoms with E-state index in [-0.39, 0.29) is 18.3 Å². The number of rotatable bonds is 13. The Morgan fingerprint density at radius 2 is 1.59 bits per heavy atom. The van der Waals surface area contributed by atoms with Gasteiger partial charge in [0.05, 0.1) is 7.11 Å². The normalized spacial score (nSPS) is 11.4. The zero-order chi connectivity index (χ0) is 23.2. The first-order valence-corrected chi connectivity index (χ1v) is 10.7. The number of unbranched alkanes of at least 4 members (excludes halogenated alkanes) is 3. The van der Waals surface area contributed by atoms with E-state index in [0.29, 0.717) is 25.1 Å². The number of benzene rings is 2. The molecule has 0 radical (unpaired) electrons. The molecule has 2 aromatic carbocycles. The number of anilines is 1. The van der Waals surface area contributed by atoms with E-state index in [4.69, 9.17) is 9.94 Å². The number of nitrogens with one attached hydrogen (secondary N) is 3. The summed E-state index contributed by atoms with van der Waals surface area (Å²) in [7, 11) is 1.36. The van der Waals surface area contributed by atoms with E-state index in [0.717, 1.165) is 30.4 Å². The molecule has 0 aromatic heterocycles. The molecule has 0 unspecified atom stereocenters. The summed E-state index contributed by atoms with van der Waals surface area (Å²) < 4.78 is 4.92. The highest BCUT2D eigenvalue weighted by Crippen LogP contribution is 2.17. The molecule has 32 heavy (non-hydrogen) atoms. The SMILES string of the molecule is COC(=O)[C@@H](NCc1cccc(NC(=O)CCCCCCC(=O)NO)c1)c1ccccc1. The van der Waals surface area contributed by atoms with Gasteiger partial charge in [0.15, 0.2) is 0 Å². The number of esters is 1. The van der Waals surface area contributed by atoms with Crippen molar-refractivity contribution in [3.63, 3.8) is 0 Å². The Labute approximate surface area is 188 Å². The van der Waals surface area contributed by atoms with Gasteiger partial charge in [-0.1, -0.05) is 55.3 Å². The summed E-state index contributed by atoms with van der Waals surface area (Å²) in [6, 6.07) is 16.3. The summed E-state index contributed by atoms with van der Waals surface area (Å²) in [6.07, 6.45) is 3.75. The maximum absolute atomic E-state index is 12.2. The van der Waals surface area contributed by atoms with Crippen molar-refractivity contribution >= 4 is 23.5 Å². The van der Waals surface area contributed by atoms with E-state index in [2.05, 4.69) is 10.6 Å². The van der Waals surface area contributed by atoms with Crippen LogP contribution in [0.3, 0.4) is 0 Å². The van der Waals surface area contributed by atoms with Crippen LogP contribution in [0.2, 0.25) is 0 Å². The van der Waals surface area contributed by atoms with Crippen molar-refractivity contribution in [2.75, 3.05) is 12.4 Å². The van der Waals surface area contributed by atoms with E-state index in [1.54, 1.807) is 5.48 Å². The van der Waals surface area contributed by atoms with Crippen molar-refractivity contribution < 1.29 is 24.3 Å². The first kappa shape index (κ1) is 25.0. The van der Waals surface area contributed by atoms with Crippen LogP contribution in [0.15, 0.2) is 54.6 Å². The number of ether oxygens (including phenoxy) is 1. The Morgan fingerprint density at radius 1 is 0.906 bits per heavy atom. The molecule has 8 heteroatoms. The van der Waals surface area contributed by atoms with Crippen LogP contribution >= 0.6 is 0 Å². The minimum absolute atomic E-state index is 0.0695. The van der Waals surface area contributed by atoms with Gasteiger partial charge in [0, 0.05) is 25.1 Å². The van der Waals surface area contributed by atoms with Crippen LogP contribution < -0.4 is 16.1 Å². The Hall–Kier alpha value is -3.23. The van der Waals surface area contributed by atoms with E-state index in [9.17, 15) is 14.4 Å². The van der Waals surface area contributed by atoms with Crippen molar-refractivity contribution in [2.45, 2.75) is 51.1 Å². The number of hydrogen-bond donors (Lipinski definition) is 4. The van der Waals surface area contributed by atoms with Crippen LogP contribution in [-0.2, 0) is 25.7 Å². The molecule has 0 aliphatic rings. The predicted molar refractivity (Wildman–Crippen MR) is 121 cm³/mol. The summed E-state index contributed by atoms with van der Waals surface area (Å²) in [5.74, 6) is -0.823. The average Bonchev–Trinajstić information content (AvgIpc) is 2.82. The van der Waals surface area contributed by atoms with Crippen molar-refractivity contribution in [3.8, 4) is 0 Å². The Morgan fingerprint density at radius 3 is 2.25 bits per heavy atom. The zero-order valence-corrected chi connectivity index (χ0v) is 18.3. The standard InChI is InChI=1S/C24H31N3O5/c1-32-24(30)23(19-11-5-4-6-12-19)25-17-18-10-9-13-20(16-18)26-21(28)14-7-2-3-8-15-22(29)27-31/h4-6,9-13,16,23,25,31H,2-3,7-8,14-15,17H2,1H3,(H,26,28)(H,27,29)/t23-/m0/s1. The lowest BCUT2D eigenvalue weighted by Crippen LogP contribution is -2.29. The molecule has 0 saturated carbocycles. The number of carbonyl (C=O) groups is 3. The van der Waals surface area contributed by atoms with Gasteiger partial charge in [-0.05, 0) is 36.1 Å². The van der Waals surface area contributed by atoms with Crippen LogP contribution in [0.5, 0.6) is 0 Å². The fourth-order valence-corrected chi connectivity index (χ4v) is 3.28. The van der Waals surface area contributed by atoms with Gasteiger partial charge in [-0.2, -0.15) is 0 Å². The van der Waals surface area contributed by atoms with Crippen LogP contribution in [-0.4, -0.2) is 30.1 Å². The maximum Gasteiger partial charge on any atom is 0.327 e. The topological polar surface area (TPSA) is 117 Å². The zero-order valence-electron chi connectivity index (χ0n) is 18.3. The molecule has 0 saturated heterocycles. The first-order valence-electron chi connectivity index (χ1n) is 10.7. The lowest BCUT2D eigenvalue weighted by Gasteiger charge is -2.17. The van der Waals surface area contributed by atoms with Gasteiger partial charge in [0.1, 0.15) is 6.04 Å². The third kappa shape index (κ3) is 8.87. The lowest BCUT2D eigenvalue weighted by atomic mass is 10.1. The van der Waals surface area contributed by atoms with Crippen LogP contribution in [0.25, 0.3) is 0 Å². The summed E-state index contributed by atoms with van der Waals surface area (Å²) in [5, 5.41) is 14.6. The summed E-state index contributed by atoms with van der Waals surface area (Å²) >= 11 is 0. The van der Waals surface area contributed by atoms with Crippen molar-refractivity contribution in [2.24, 2.45) is 0 Å². The second-order valence-electron chi connectivity index (χ2n) is 7.45. The van der Waals surface area contributed by atoms with E-state index < -0.39 is 11.9 Å². The largest absolute Gasteiger partial charge is 0.468 e. The van der Waals surface area contributed by atoms with Crippen LogP contribution in [0.1, 0.15) is 55.7 Å². The van der Waals surface area contributed by atoms with Gasteiger partial charge in [0.2, 0.25) is 11.8 Å². The van der Waals surface area contributed by atoms with Gasteiger partial charge in [0.25, 0.3) is 0 Å². The smallest absolute Gasteiger partial charge is 0.327 e. The molecule has 0 heterocycles. The molecule has 2 rings (SSSR count). The predicted octanol–water partition coefficient (Wildman–Crippen LogP) is 3.48. The van der Waals surface area contributed by atoms with Gasteiger partial charge in [-0.15, -0.1) is 0 Å². The first-order chi connectivity index (χ1) is 15.5. The van der Waals surface area contributed by atoms with Crippen molar-refractivity contribution in [1.29, 1.82) is 0 Å². The van der Waals surface area contributed by atoms with E-state index in [1.165, 1.54) is 7.11 Å². The monoisotopic (exact) mass is 441 g/mol. The van der Waals surface area contributed by atoms with Crippen LogP contribution in [0.4, 0.5) is 5.69 Å². The summed E-state index contributed by atoms with van der Waals surface area (Å²) in [5.41, 5.74) is 4.05. The highest BCUT2D eigenvalue weighted by atomic mass is 16.5. The third-order valence-corrected chi connectivity index (χ3v) is 4.97. The fourth-order valence-electron chi connectivity index (χ4n) is 3.28. The second-order valence-corrected chi connectivity index (χ2v) is 7.45. The van der Waals surface area contributed by atoms with Crippen molar-refractivity contribution in [1.82, 2.24) is 10.8 Å². The quantitative estimate of drug-likeness (QED) is 0.164. The molecule has 2 aromatic rings. The number of methoxy groups -OCH3 is 1. The number of hydrogen-bond acceptors (Lipinski definition) is 6. The average molecular weight is 442 g/mol. The Bertz CT molecular complexity index is 873. The molecule has 1 atom stereocenters.